The van der Waals surface area contributed by atoms with Crippen molar-refractivity contribution in [2.24, 2.45) is 0 Å². The van der Waals surface area contributed by atoms with E-state index in [1.54, 1.807) is 0 Å². The Morgan fingerprint density at radius 1 is 0.516 bits per heavy atom. The van der Waals surface area contributed by atoms with E-state index in [1.165, 1.54) is 0 Å². The van der Waals surface area contributed by atoms with Crippen molar-refractivity contribution >= 4 is 0 Å². The van der Waals surface area contributed by atoms with Crippen LogP contribution in [0.4, 0.5) is 0 Å². The molecule has 0 aromatic rings. The zero-order valence-electron chi connectivity index (χ0n) is 16.2. The Hall–Kier alpha value is -0.560. The summed E-state index contributed by atoms with van der Waals surface area (Å²) in [5.41, 5.74) is 0. The highest BCUT2D eigenvalue weighted by Gasteiger charge is 2.55. The Kier molecular flexibility index (Phi) is 7.12. The minimum Gasteiger partial charge on any atom is -0.394 e. The van der Waals surface area contributed by atoms with Gasteiger partial charge in [0.15, 0.2) is 18.9 Å². The topological polar surface area (TPSA) is 217 Å². The normalized spacial score (nSPS) is 55.7. The quantitative estimate of drug-likeness (QED) is 0.194. The van der Waals surface area contributed by atoms with Crippen LogP contribution in [0.25, 0.3) is 0 Å². The van der Waals surface area contributed by atoms with E-state index in [4.69, 9.17) is 28.4 Å². The number of hydrogen-bond acceptors (Lipinski definition) is 14. The Bertz CT molecular complexity index is 607. The number of aliphatic hydroxyl groups excluding tert-OH is 8. The third-order valence-electron chi connectivity index (χ3n) is 5.97. The first-order valence-electron chi connectivity index (χ1n) is 9.95. The standard InChI is InChI=1S/C17H28O14/c18-1-4-7(20)9(22)14-17(27-4)30-13-5(2-19)28-16(12(25)10(13)23)29-6-3-26-15(31-14)11(24)8(6)21/h4-25H,1-3H2/t4-,5-,6-,7-,8+,9+,10-,11-,12+,13-,14+,15+,16-,17-/m1/s1. The summed E-state index contributed by atoms with van der Waals surface area (Å²) in [6, 6.07) is 0. The summed E-state index contributed by atoms with van der Waals surface area (Å²) in [5.74, 6) is 0. The molecule has 7 saturated heterocycles. The Morgan fingerprint density at radius 3 is 1.77 bits per heavy atom. The highest BCUT2D eigenvalue weighted by Crippen LogP contribution is 2.34. The second kappa shape index (κ2) is 9.36. The lowest BCUT2D eigenvalue weighted by molar-refractivity contribution is -0.370. The van der Waals surface area contributed by atoms with Crippen LogP contribution in [-0.2, 0) is 28.4 Å². The predicted octanol–water partition coefficient (Wildman–Crippen LogP) is -5.89. The van der Waals surface area contributed by atoms with Gasteiger partial charge in [-0.1, -0.05) is 0 Å². The molecule has 7 aliphatic rings. The molecule has 0 amide bonds. The summed E-state index contributed by atoms with van der Waals surface area (Å²) < 4.78 is 33.1. The molecule has 14 atom stereocenters. The first-order valence-corrected chi connectivity index (χ1v) is 9.95. The molecule has 8 N–H and O–H groups in total. The van der Waals surface area contributed by atoms with Gasteiger partial charge in [0.2, 0.25) is 0 Å². The molecule has 7 rings (SSSR count). The maximum Gasteiger partial charge on any atom is 0.187 e. The first-order chi connectivity index (χ1) is 14.8. The summed E-state index contributed by atoms with van der Waals surface area (Å²) in [7, 11) is 0. The van der Waals surface area contributed by atoms with Gasteiger partial charge in [0.1, 0.15) is 67.1 Å². The van der Waals surface area contributed by atoms with Crippen LogP contribution in [0.2, 0.25) is 0 Å². The van der Waals surface area contributed by atoms with Gasteiger partial charge in [0.25, 0.3) is 0 Å². The van der Waals surface area contributed by atoms with Gasteiger partial charge in [-0.25, -0.2) is 0 Å². The maximum atomic E-state index is 10.6. The van der Waals surface area contributed by atoms with Gasteiger partial charge in [0.05, 0.1) is 19.8 Å². The second-order valence-electron chi connectivity index (χ2n) is 7.97. The van der Waals surface area contributed by atoms with Crippen LogP contribution in [0.1, 0.15) is 0 Å². The molecule has 0 saturated carbocycles. The van der Waals surface area contributed by atoms with Gasteiger partial charge in [-0.05, 0) is 0 Å². The molecule has 7 aliphatic heterocycles. The van der Waals surface area contributed by atoms with E-state index in [0.717, 1.165) is 0 Å². The van der Waals surface area contributed by atoms with E-state index in [1.807, 2.05) is 0 Å². The van der Waals surface area contributed by atoms with Gasteiger partial charge >= 0.3 is 0 Å². The molecule has 0 aromatic carbocycles. The summed E-state index contributed by atoms with van der Waals surface area (Å²) in [5, 5.41) is 81.8. The van der Waals surface area contributed by atoms with E-state index in [9.17, 15) is 40.9 Å². The van der Waals surface area contributed by atoms with E-state index >= 15 is 0 Å². The van der Waals surface area contributed by atoms with Gasteiger partial charge in [-0.15, -0.1) is 0 Å². The third kappa shape index (κ3) is 4.22. The monoisotopic (exact) mass is 456 g/mol. The fourth-order valence-electron chi connectivity index (χ4n) is 4.13. The fourth-order valence-corrected chi connectivity index (χ4v) is 4.13. The number of rotatable bonds is 2. The molecule has 180 valence electrons. The van der Waals surface area contributed by atoms with Crippen molar-refractivity contribution < 1.29 is 69.3 Å². The van der Waals surface area contributed by atoms with Crippen LogP contribution < -0.4 is 0 Å². The van der Waals surface area contributed by atoms with Crippen LogP contribution >= 0.6 is 0 Å². The Morgan fingerprint density at radius 2 is 1.10 bits per heavy atom. The van der Waals surface area contributed by atoms with Crippen LogP contribution in [0.15, 0.2) is 0 Å². The number of hydrogen-bond donors (Lipinski definition) is 8. The zero-order chi connectivity index (χ0) is 22.4. The number of ether oxygens (including phenoxy) is 6. The average Bonchev–Trinajstić information content (AvgIpc) is 2.78. The fraction of sp³-hybridized carbons (Fsp3) is 1.00. The lowest BCUT2D eigenvalue weighted by Gasteiger charge is -2.46. The van der Waals surface area contributed by atoms with Gasteiger partial charge < -0.3 is 69.3 Å². The van der Waals surface area contributed by atoms with Crippen molar-refractivity contribution in [3.05, 3.63) is 0 Å². The Labute approximate surface area is 176 Å². The van der Waals surface area contributed by atoms with Gasteiger partial charge in [-0.2, -0.15) is 0 Å². The van der Waals surface area contributed by atoms with Crippen molar-refractivity contribution in [1.82, 2.24) is 0 Å². The van der Waals surface area contributed by atoms with Crippen LogP contribution in [0.5, 0.6) is 0 Å². The van der Waals surface area contributed by atoms with E-state index in [-0.39, 0.29) is 6.61 Å². The maximum absolute atomic E-state index is 10.6. The Balaban J connectivity index is 1.71. The molecule has 14 nitrogen and oxygen atoms in total. The van der Waals surface area contributed by atoms with Crippen LogP contribution in [-0.4, -0.2) is 147 Å². The minimum atomic E-state index is -1.70. The molecule has 0 unspecified atom stereocenters. The summed E-state index contributed by atoms with van der Waals surface area (Å²) >= 11 is 0. The van der Waals surface area contributed by atoms with Crippen molar-refractivity contribution in [2.45, 2.75) is 86.0 Å². The SMILES string of the molecule is OC[C@H]1O[C@@H]2O[C@H]3[C@H](O)[C@H](O)[C@@H](O[C@@H]4CO[C@@H](O[C@H]2[C@@H](O)[C@@H]1O)[C@H](O)[C@H]4O)O[C@@H]3CO. The molecule has 0 spiro atoms. The van der Waals surface area contributed by atoms with Crippen LogP contribution in [0, 0.1) is 0 Å². The van der Waals surface area contributed by atoms with Crippen molar-refractivity contribution in [1.29, 1.82) is 0 Å². The molecule has 0 aliphatic carbocycles. The predicted molar refractivity (Wildman–Crippen MR) is 91.9 cm³/mol. The smallest absolute Gasteiger partial charge is 0.187 e. The lowest BCUT2D eigenvalue weighted by atomic mass is 9.97. The molecule has 7 fully saturated rings. The molecular weight excluding hydrogens is 428 g/mol. The van der Waals surface area contributed by atoms with Crippen molar-refractivity contribution in [3.63, 3.8) is 0 Å². The van der Waals surface area contributed by atoms with E-state index in [0.29, 0.717) is 0 Å². The summed E-state index contributed by atoms with van der Waals surface area (Å²) in [6.07, 6.45) is -21.1. The summed E-state index contributed by atoms with van der Waals surface area (Å²) in [6.45, 7) is -1.69. The van der Waals surface area contributed by atoms with E-state index < -0.39 is 99.2 Å². The number of aliphatic hydroxyl groups is 8. The molecule has 4 bridgehead atoms. The lowest BCUT2D eigenvalue weighted by Crippen LogP contribution is -2.65. The molecule has 0 radical (unpaired) electrons. The molecular formula is C17H28O14. The van der Waals surface area contributed by atoms with Crippen molar-refractivity contribution in [3.8, 4) is 0 Å². The van der Waals surface area contributed by atoms with Gasteiger partial charge in [-0.3, -0.25) is 0 Å². The van der Waals surface area contributed by atoms with Crippen LogP contribution in [0.3, 0.4) is 0 Å². The largest absolute Gasteiger partial charge is 0.394 e. The zero-order valence-corrected chi connectivity index (χ0v) is 16.2. The third-order valence-corrected chi connectivity index (χ3v) is 5.97. The van der Waals surface area contributed by atoms with E-state index in [2.05, 4.69) is 0 Å². The molecule has 0 aromatic heterocycles. The minimum absolute atomic E-state index is 0.324. The molecule has 7 heterocycles. The highest BCUT2D eigenvalue weighted by molar-refractivity contribution is 4.97. The first kappa shape index (κ1) is 23.6. The second-order valence-corrected chi connectivity index (χ2v) is 7.97. The molecule has 31 heavy (non-hydrogen) atoms. The highest BCUT2D eigenvalue weighted by atomic mass is 16.8. The van der Waals surface area contributed by atoms with Crippen molar-refractivity contribution in [2.75, 3.05) is 19.8 Å². The summed E-state index contributed by atoms with van der Waals surface area (Å²) in [4.78, 5) is 0. The average molecular weight is 456 g/mol. The molecule has 14 heteroatoms. The van der Waals surface area contributed by atoms with Gasteiger partial charge in [0, 0.05) is 0 Å².